The van der Waals surface area contributed by atoms with Crippen LogP contribution in [-0.2, 0) is 6.42 Å². The average Bonchev–Trinajstić information content (AvgIpc) is 2.55. The summed E-state index contributed by atoms with van der Waals surface area (Å²) in [7, 11) is 0. The van der Waals surface area contributed by atoms with E-state index in [-0.39, 0.29) is 0 Å². The predicted octanol–water partition coefficient (Wildman–Crippen LogP) is 1.84. The van der Waals surface area contributed by atoms with Gasteiger partial charge in [-0.2, -0.15) is 0 Å². The third kappa shape index (κ3) is 3.33. The quantitative estimate of drug-likeness (QED) is 0.847. The molecule has 1 saturated heterocycles. The maximum absolute atomic E-state index is 4.37. The van der Waals surface area contributed by atoms with E-state index in [2.05, 4.69) is 50.1 Å². The Balaban J connectivity index is 1.47. The zero-order chi connectivity index (χ0) is 13.6. The fourth-order valence-corrected chi connectivity index (χ4v) is 2.59. The summed E-state index contributed by atoms with van der Waals surface area (Å²) in [6, 6.07) is 10.7. The summed E-state index contributed by atoms with van der Waals surface area (Å²) in [4.78, 5) is 13.3. The number of hydrogen-bond donors (Lipinski definition) is 0. The van der Waals surface area contributed by atoms with Crippen LogP contribution < -0.4 is 4.90 Å². The molecule has 1 fully saturated rings. The van der Waals surface area contributed by atoms with Gasteiger partial charge in [-0.05, 0) is 12.0 Å². The molecule has 0 radical (unpaired) electrons. The van der Waals surface area contributed by atoms with E-state index in [1.54, 1.807) is 12.4 Å². The van der Waals surface area contributed by atoms with Gasteiger partial charge in [0.2, 0.25) is 0 Å². The minimum atomic E-state index is 0.996. The van der Waals surface area contributed by atoms with Crippen molar-refractivity contribution >= 4 is 5.82 Å². The summed E-state index contributed by atoms with van der Waals surface area (Å²) in [5, 5.41) is 0. The topological polar surface area (TPSA) is 32.3 Å². The van der Waals surface area contributed by atoms with Gasteiger partial charge in [-0.1, -0.05) is 30.3 Å². The predicted molar refractivity (Wildman–Crippen MR) is 80.8 cm³/mol. The van der Waals surface area contributed by atoms with Gasteiger partial charge in [0.15, 0.2) is 0 Å². The van der Waals surface area contributed by atoms with Gasteiger partial charge >= 0.3 is 0 Å². The molecule has 1 aliphatic rings. The standard InChI is InChI=1S/C16H20N4/c1-2-4-15(5-3-1)6-9-19-10-12-20(13-11-19)16-14-17-7-8-18-16/h1-5,7-8,14H,6,9-13H2. The van der Waals surface area contributed by atoms with Crippen molar-refractivity contribution in [3.63, 3.8) is 0 Å². The van der Waals surface area contributed by atoms with Crippen molar-refractivity contribution in [1.29, 1.82) is 0 Å². The highest BCUT2D eigenvalue weighted by atomic mass is 15.3. The Hall–Kier alpha value is -1.94. The smallest absolute Gasteiger partial charge is 0.147 e. The molecule has 20 heavy (non-hydrogen) atoms. The SMILES string of the molecule is c1ccc(CCN2CCN(c3cnccn3)CC2)cc1. The lowest BCUT2D eigenvalue weighted by Gasteiger charge is -2.35. The first kappa shape index (κ1) is 13.1. The van der Waals surface area contributed by atoms with Gasteiger partial charge in [-0.3, -0.25) is 9.88 Å². The van der Waals surface area contributed by atoms with E-state index in [9.17, 15) is 0 Å². The van der Waals surface area contributed by atoms with Crippen LogP contribution in [0.15, 0.2) is 48.9 Å². The molecule has 0 N–H and O–H groups in total. The first-order valence-corrected chi connectivity index (χ1v) is 7.19. The molecule has 2 heterocycles. The van der Waals surface area contributed by atoms with Gasteiger partial charge in [0.05, 0.1) is 6.20 Å². The number of benzene rings is 1. The number of aromatic nitrogens is 2. The van der Waals surface area contributed by atoms with Crippen LogP contribution in [0.25, 0.3) is 0 Å². The summed E-state index contributed by atoms with van der Waals surface area (Å²) < 4.78 is 0. The molecule has 1 aromatic carbocycles. The van der Waals surface area contributed by atoms with Crippen LogP contribution in [0.5, 0.6) is 0 Å². The molecule has 104 valence electrons. The Kier molecular flexibility index (Phi) is 4.23. The Labute approximate surface area is 120 Å². The van der Waals surface area contributed by atoms with Crippen LogP contribution in [0, 0.1) is 0 Å². The molecule has 0 saturated carbocycles. The van der Waals surface area contributed by atoms with Crippen molar-refractivity contribution in [2.75, 3.05) is 37.6 Å². The number of rotatable bonds is 4. The van der Waals surface area contributed by atoms with Crippen molar-refractivity contribution in [3.05, 3.63) is 54.5 Å². The Morgan fingerprint density at radius 3 is 2.45 bits per heavy atom. The van der Waals surface area contributed by atoms with Gasteiger partial charge in [-0.15, -0.1) is 0 Å². The van der Waals surface area contributed by atoms with E-state index in [1.807, 2.05) is 6.20 Å². The molecule has 4 nitrogen and oxygen atoms in total. The molecule has 0 bridgehead atoms. The summed E-state index contributed by atoms with van der Waals surface area (Å²) in [5.74, 6) is 0.996. The number of anilines is 1. The van der Waals surface area contributed by atoms with Crippen molar-refractivity contribution < 1.29 is 0 Å². The summed E-state index contributed by atoms with van der Waals surface area (Å²) in [5.41, 5.74) is 1.42. The van der Waals surface area contributed by atoms with E-state index >= 15 is 0 Å². The fraction of sp³-hybridized carbons (Fsp3) is 0.375. The maximum Gasteiger partial charge on any atom is 0.147 e. The molecular formula is C16H20N4. The first-order chi connectivity index (χ1) is 9.92. The van der Waals surface area contributed by atoms with E-state index in [0.717, 1.165) is 45.0 Å². The van der Waals surface area contributed by atoms with E-state index in [0.29, 0.717) is 0 Å². The molecule has 0 atom stereocenters. The maximum atomic E-state index is 4.37. The van der Waals surface area contributed by atoms with E-state index < -0.39 is 0 Å². The average molecular weight is 268 g/mol. The molecule has 3 rings (SSSR count). The lowest BCUT2D eigenvalue weighted by Crippen LogP contribution is -2.47. The molecule has 2 aromatic rings. The molecular weight excluding hydrogens is 248 g/mol. The van der Waals surface area contributed by atoms with Crippen LogP contribution in [0.3, 0.4) is 0 Å². The largest absolute Gasteiger partial charge is 0.353 e. The zero-order valence-corrected chi connectivity index (χ0v) is 11.7. The van der Waals surface area contributed by atoms with Gasteiger partial charge in [0, 0.05) is 45.1 Å². The molecule has 4 heteroatoms. The third-order valence-electron chi connectivity index (χ3n) is 3.81. The molecule has 1 aromatic heterocycles. The molecule has 0 aliphatic carbocycles. The minimum Gasteiger partial charge on any atom is -0.353 e. The number of piperazine rings is 1. The molecule has 0 spiro atoms. The summed E-state index contributed by atoms with van der Waals surface area (Å²) >= 11 is 0. The van der Waals surface area contributed by atoms with Crippen LogP contribution in [0.2, 0.25) is 0 Å². The van der Waals surface area contributed by atoms with E-state index in [1.165, 1.54) is 5.56 Å². The van der Waals surface area contributed by atoms with Gasteiger partial charge in [0.25, 0.3) is 0 Å². The number of hydrogen-bond acceptors (Lipinski definition) is 4. The lowest BCUT2D eigenvalue weighted by molar-refractivity contribution is 0.260. The highest BCUT2D eigenvalue weighted by Crippen LogP contribution is 2.11. The van der Waals surface area contributed by atoms with Crippen molar-refractivity contribution in [1.82, 2.24) is 14.9 Å². The molecule has 0 amide bonds. The highest BCUT2D eigenvalue weighted by molar-refractivity contribution is 5.35. The van der Waals surface area contributed by atoms with Crippen LogP contribution in [0.4, 0.5) is 5.82 Å². The molecule has 0 unspecified atom stereocenters. The van der Waals surface area contributed by atoms with Crippen LogP contribution in [0.1, 0.15) is 5.56 Å². The molecule has 1 aliphatic heterocycles. The van der Waals surface area contributed by atoms with E-state index in [4.69, 9.17) is 0 Å². The van der Waals surface area contributed by atoms with Crippen molar-refractivity contribution in [2.24, 2.45) is 0 Å². The zero-order valence-electron chi connectivity index (χ0n) is 11.7. The monoisotopic (exact) mass is 268 g/mol. The van der Waals surface area contributed by atoms with Crippen molar-refractivity contribution in [3.8, 4) is 0 Å². The summed E-state index contributed by atoms with van der Waals surface area (Å²) in [6.07, 6.45) is 6.46. The third-order valence-corrected chi connectivity index (χ3v) is 3.81. The second-order valence-electron chi connectivity index (χ2n) is 5.13. The lowest BCUT2D eigenvalue weighted by atomic mass is 10.1. The fourth-order valence-electron chi connectivity index (χ4n) is 2.59. The van der Waals surface area contributed by atoms with Crippen LogP contribution >= 0.6 is 0 Å². The van der Waals surface area contributed by atoms with Gasteiger partial charge in [0.1, 0.15) is 5.82 Å². The Morgan fingerprint density at radius 1 is 0.950 bits per heavy atom. The van der Waals surface area contributed by atoms with Gasteiger partial charge in [-0.25, -0.2) is 4.98 Å². The summed E-state index contributed by atoms with van der Waals surface area (Å²) in [6.45, 7) is 5.41. The number of nitrogens with zero attached hydrogens (tertiary/aromatic N) is 4. The Bertz CT molecular complexity index is 507. The first-order valence-electron chi connectivity index (χ1n) is 7.19. The van der Waals surface area contributed by atoms with Crippen molar-refractivity contribution in [2.45, 2.75) is 6.42 Å². The normalized spacial score (nSPS) is 16.3. The Morgan fingerprint density at radius 2 is 1.75 bits per heavy atom. The minimum absolute atomic E-state index is 0.996. The highest BCUT2D eigenvalue weighted by Gasteiger charge is 2.17. The second kappa shape index (κ2) is 6.48. The second-order valence-corrected chi connectivity index (χ2v) is 5.13. The van der Waals surface area contributed by atoms with Crippen LogP contribution in [-0.4, -0.2) is 47.6 Å². The van der Waals surface area contributed by atoms with Gasteiger partial charge < -0.3 is 4.90 Å².